The van der Waals surface area contributed by atoms with E-state index in [2.05, 4.69) is 31.8 Å². The highest BCUT2D eigenvalue weighted by Crippen LogP contribution is 2.29. The molecule has 0 bridgehead atoms. The van der Waals surface area contributed by atoms with Gasteiger partial charge in [0.05, 0.1) is 19.9 Å². The molecule has 3 rings (SSSR count). The van der Waals surface area contributed by atoms with Gasteiger partial charge < -0.3 is 19.5 Å². The number of methoxy groups -OCH3 is 1. The first kappa shape index (κ1) is 25.8. The second kappa shape index (κ2) is 13.1. The number of nitrogens with zero attached hydrogens (tertiary/aromatic N) is 1. The number of benzene rings is 3. The zero-order chi connectivity index (χ0) is 25.0. The predicted octanol–water partition coefficient (Wildman–Crippen LogP) is 4.91. The lowest BCUT2D eigenvalue weighted by Crippen LogP contribution is -2.24. The second-order valence-electron chi connectivity index (χ2n) is 7.30. The number of anilines is 1. The number of halogens is 1. The van der Waals surface area contributed by atoms with Crippen molar-refractivity contribution in [3.05, 3.63) is 82.3 Å². The predicted molar refractivity (Wildman–Crippen MR) is 138 cm³/mol. The Morgan fingerprint density at radius 1 is 0.971 bits per heavy atom. The van der Waals surface area contributed by atoms with Crippen molar-refractivity contribution in [1.82, 2.24) is 5.43 Å². The molecule has 0 aliphatic rings. The van der Waals surface area contributed by atoms with Crippen molar-refractivity contribution in [2.75, 3.05) is 19.0 Å². The topological polar surface area (TPSA) is 98.2 Å². The molecule has 0 aromatic heterocycles. The summed E-state index contributed by atoms with van der Waals surface area (Å²) < 4.78 is 17.7. The SMILES string of the molecule is CCOc1cc(C=NNC(=O)CC(=O)Nc2cccc(OC)c2)ccc1OCc1ccc(Br)cc1. The number of rotatable bonds is 11. The van der Waals surface area contributed by atoms with Crippen LogP contribution in [0.25, 0.3) is 0 Å². The summed E-state index contributed by atoms with van der Waals surface area (Å²) in [5.41, 5.74) is 4.62. The first-order valence-corrected chi connectivity index (χ1v) is 11.7. The average Bonchev–Trinajstić information content (AvgIpc) is 2.84. The van der Waals surface area contributed by atoms with Gasteiger partial charge >= 0.3 is 0 Å². The zero-order valence-corrected chi connectivity index (χ0v) is 21.0. The van der Waals surface area contributed by atoms with Crippen LogP contribution in [0.4, 0.5) is 5.69 Å². The Hall–Kier alpha value is -3.85. The molecule has 182 valence electrons. The molecule has 35 heavy (non-hydrogen) atoms. The minimum absolute atomic E-state index is 0.373. The summed E-state index contributed by atoms with van der Waals surface area (Å²) in [7, 11) is 1.54. The lowest BCUT2D eigenvalue weighted by atomic mass is 10.2. The first-order chi connectivity index (χ1) is 17.0. The van der Waals surface area contributed by atoms with Crippen LogP contribution in [0.15, 0.2) is 76.3 Å². The first-order valence-electron chi connectivity index (χ1n) is 10.9. The van der Waals surface area contributed by atoms with Gasteiger partial charge in [0, 0.05) is 16.2 Å². The van der Waals surface area contributed by atoms with Crippen molar-refractivity contribution < 1.29 is 23.8 Å². The molecule has 0 heterocycles. The molecular formula is C26H26BrN3O5. The maximum absolute atomic E-state index is 12.1. The summed E-state index contributed by atoms with van der Waals surface area (Å²) in [6.07, 6.45) is 1.10. The fraction of sp³-hybridized carbons (Fsp3) is 0.192. The number of ether oxygens (including phenoxy) is 3. The summed E-state index contributed by atoms with van der Waals surface area (Å²) in [5, 5.41) is 6.58. The van der Waals surface area contributed by atoms with Crippen LogP contribution in [0.3, 0.4) is 0 Å². The smallest absolute Gasteiger partial charge is 0.249 e. The van der Waals surface area contributed by atoms with Crippen molar-refractivity contribution >= 4 is 39.6 Å². The quantitative estimate of drug-likeness (QED) is 0.205. The van der Waals surface area contributed by atoms with Crippen LogP contribution in [0.1, 0.15) is 24.5 Å². The number of nitrogens with one attached hydrogen (secondary N) is 2. The molecule has 3 aromatic rings. The van der Waals surface area contributed by atoms with Gasteiger partial charge in [-0.1, -0.05) is 34.1 Å². The van der Waals surface area contributed by atoms with Crippen LogP contribution < -0.4 is 25.0 Å². The fourth-order valence-electron chi connectivity index (χ4n) is 3.00. The van der Waals surface area contributed by atoms with E-state index < -0.39 is 11.8 Å². The molecule has 0 radical (unpaired) electrons. The fourth-order valence-corrected chi connectivity index (χ4v) is 3.27. The van der Waals surface area contributed by atoms with E-state index in [0.717, 1.165) is 10.0 Å². The molecule has 3 aromatic carbocycles. The van der Waals surface area contributed by atoms with Gasteiger partial charge in [-0.3, -0.25) is 9.59 Å². The summed E-state index contributed by atoms with van der Waals surface area (Å²) >= 11 is 3.42. The largest absolute Gasteiger partial charge is 0.497 e. The maximum Gasteiger partial charge on any atom is 0.249 e. The molecule has 0 aliphatic heterocycles. The van der Waals surface area contributed by atoms with E-state index in [0.29, 0.717) is 41.7 Å². The molecule has 8 nitrogen and oxygen atoms in total. The molecule has 0 atom stereocenters. The second-order valence-corrected chi connectivity index (χ2v) is 8.22. The van der Waals surface area contributed by atoms with E-state index in [1.807, 2.05) is 31.2 Å². The average molecular weight is 540 g/mol. The Morgan fingerprint density at radius 3 is 2.51 bits per heavy atom. The number of carbonyl (C=O) groups is 2. The van der Waals surface area contributed by atoms with Crippen molar-refractivity contribution in [3.63, 3.8) is 0 Å². The summed E-state index contributed by atoms with van der Waals surface area (Å²) in [4.78, 5) is 24.2. The van der Waals surface area contributed by atoms with Crippen LogP contribution in [0.2, 0.25) is 0 Å². The lowest BCUT2D eigenvalue weighted by molar-refractivity contribution is -0.126. The highest BCUT2D eigenvalue weighted by molar-refractivity contribution is 9.10. The van der Waals surface area contributed by atoms with Crippen molar-refractivity contribution in [2.24, 2.45) is 5.10 Å². The van der Waals surface area contributed by atoms with Crippen LogP contribution in [0, 0.1) is 0 Å². The van der Waals surface area contributed by atoms with Gasteiger partial charge in [-0.05, 0) is 60.5 Å². The van der Waals surface area contributed by atoms with Crippen LogP contribution >= 0.6 is 15.9 Å². The highest BCUT2D eigenvalue weighted by Gasteiger charge is 2.10. The molecule has 0 saturated carbocycles. The molecule has 0 saturated heterocycles. The molecule has 2 N–H and O–H groups in total. The van der Waals surface area contributed by atoms with E-state index in [1.54, 1.807) is 42.5 Å². The van der Waals surface area contributed by atoms with Gasteiger partial charge in [-0.15, -0.1) is 0 Å². The van der Waals surface area contributed by atoms with Crippen molar-refractivity contribution in [1.29, 1.82) is 0 Å². The monoisotopic (exact) mass is 539 g/mol. The number of amides is 2. The van der Waals surface area contributed by atoms with Crippen molar-refractivity contribution in [2.45, 2.75) is 20.0 Å². The Kier molecular flexibility index (Phi) is 9.68. The Bertz CT molecular complexity index is 1180. The lowest BCUT2D eigenvalue weighted by Gasteiger charge is -2.12. The Morgan fingerprint density at radius 2 is 1.77 bits per heavy atom. The van der Waals surface area contributed by atoms with Crippen LogP contribution in [-0.4, -0.2) is 31.7 Å². The van der Waals surface area contributed by atoms with Gasteiger partial charge in [0.15, 0.2) is 11.5 Å². The number of carbonyl (C=O) groups excluding carboxylic acids is 2. The minimum Gasteiger partial charge on any atom is -0.497 e. The number of hydrazone groups is 1. The van der Waals surface area contributed by atoms with E-state index in [1.165, 1.54) is 13.3 Å². The summed E-state index contributed by atoms with van der Waals surface area (Å²) in [6.45, 7) is 2.75. The van der Waals surface area contributed by atoms with Crippen LogP contribution in [-0.2, 0) is 16.2 Å². The summed E-state index contributed by atoms with van der Waals surface area (Å²) in [5.74, 6) is 0.772. The van der Waals surface area contributed by atoms with Gasteiger partial charge in [-0.25, -0.2) is 5.43 Å². The molecule has 0 aliphatic carbocycles. The standard InChI is InChI=1S/C26H26BrN3O5/c1-3-34-24-13-19(9-12-23(24)35-17-18-7-10-20(27)11-8-18)16-28-30-26(32)15-25(31)29-21-5-4-6-22(14-21)33-2/h4-14,16H,3,15,17H2,1-2H3,(H,29,31)(H,30,32). The van der Waals surface area contributed by atoms with E-state index >= 15 is 0 Å². The maximum atomic E-state index is 12.1. The van der Waals surface area contributed by atoms with Gasteiger partial charge in [0.25, 0.3) is 0 Å². The molecular weight excluding hydrogens is 514 g/mol. The molecule has 0 unspecified atom stereocenters. The normalized spacial score (nSPS) is 10.6. The van der Waals surface area contributed by atoms with Crippen molar-refractivity contribution in [3.8, 4) is 17.2 Å². The number of hydrogen-bond donors (Lipinski definition) is 2. The number of hydrogen-bond acceptors (Lipinski definition) is 6. The molecule has 0 spiro atoms. The minimum atomic E-state index is -0.541. The van der Waals surface area contributed by atoms with Gasteiger partial charge in [-0.2, -0.15) is 5.10 Å². The zero-order valence-electron chi connectivity index (χ0n) is 19.4. The third-order valence-electron chi connectivity index (χ3n) is 4.65. The third kappa shape index (κ3) is 8.46. The molecule has 9 heteroatoms. The highest BCUT2D eigenvalue weighted by atomic mass is 79.9. The van der Waals surface area contributed by atoms with Crippen LogP contribution in [0.5, 0.6) is 17.2 Å². The summed E-state index contributed by atoms with van der Waals surface area (Å²) in [6, 6.07) is 20.1. The van der Waals surface area contributed by atoms with Gasteiger partial charge in [0.1, 0.15) is 18.8 Å². The van der Waals surface area contributed by atoms with E-state index in [-0.39, 0.29) is 6.42 Å². The molecule has 0 fully saturated rings. The Balaban J connectivity index is 1.53. The Labute approximate surface area is 212 Å². The van der Waals surface area contributed by atoms with E-state index in [9.17, 15) is 9.59 Å². The van der Waals surface area contributed by atoms with E-state index in [4.69, 9.17) is 14.2 Å². The van der Waals surface area contributed by atoms with Gasteiger partial charge in [0.2, 0.25) is 11.8 Å². The third-order valence-corrected chi connectivity index (χ3v) is 5.18. The molecule has 2 amide bonds.